The third kappa shape index (κ3) is 4.24. The molecule has 0 spiro atoms. The Kier molecular flexibility index (Phi) is 5.39. The van der Waals surface area contributed by atoms with Gasteiger partial charge in [0.05, 0.1) is 11.9 Å². The van der Waals surface area contributed by atoms with Gasteiger partial charge >= 0.3 is 10.2 Å². The van der Waals surface area contributed by atoms with Crippen molar-refractivity contribution in [3.05, 3.63) is 42.1 Å². The molecule has 2 heterocycles. The van der Waals surface area contributed by atoms with Crippen molar-refractivity contribution in [2.45, 2.75) is 31.7 Å². The number of aromatic nitrogens is 2. The van der Waals surface area contributed by atoms with Crippen molar-refractivity contribution in [2.24, 2.45) is 0 Å². The van der Waals surface area contributed by atoms with Crippen molar-refractivity contribution in [1.82, 2.24) is 20.0 Å². The van der Waals surface area contributed by atoms with Crippen LogP contribution in [-0.2, 0) is 15.0 Å². The predicted octanol–water partition coefficient (Wildman–Crippen LogP) is 1.33. The molecule has 4 rings (SSSR count). The van der Waals surface area contributed by atoms with Gasteiger partial charge in [-0.1, -0.05) is 12.2 Å². The number of hydrogen-bond acceptors (Lipinski definition) is 6. The number of phenolic OH excluding ortho intramolecular Hbond substituents is 1. The summed E-state index contributed by atoms with van der Waals surface area (Å²) < 4.78 is 40.8. The smallest absolute Gasteiger partial charge is 0.326 e. The molecule has 1 fully saturated rings. The number of anilines is 1. The summed E-state index contributed by atoms with van der Waals surface area (Å²) >= 11 is 0. The third-order valence-electron chi connectivity index (χ3n) is 5.08. The highest BCUT2D eigenvalue weighted by Gasteiger charge is 2.37. The largest absolute Gasteiger partial charge is 0.506 e. The first-order valence-corrected chi connectivity index (χ1v) is 11.1. The van der Waals surface area contributed by atoms with E-state index in [-0.39, 0.29) is 23.1 Å². The van der Waals surface area contributed by atoms with Crippen LogP contribution < -0.4 is 14.3 Å². The highest BCUT2D eigenvalue weighted by Crippen LogP contribution is 2.37. The van der Waals surface area contributed by atoms with Gasteiger partial charge in [-0.05, 0) is 37.8 Å². The Labute approximate surface area is 177 Å². The predicted molar refractivity (Wildman–Crippen MR) is 109 cm³/mol. The summed E-state index contributed by atoms with van der Waals surface area (Å²) in [6.45, 7) is -0.642. The average Bonchev–Trinajstić information content (AvgIpc) is 3.18. The van der Waals surface area contributed by atoms with Crippen LogP contribution in [0.3, 0.4) is 0 Å². The van der Waals surface area contributed by atoms with Crippen molar-refractivity contribution >= 4 is 27.7 Å². The molecule has 1 aromatic heterocycles. The van der Waals surface area contributed by atoms with E-state index in [0.717, 1.165) is 37.8 Å². The molecule has 1 saturated heterocycles. The van der Waals surface area contributed by atoms with Crippen molar-refractivity contribution in [3.8, 4) is 17.0 Å². The van der Waals surface area contributed by atoms with Crippen LogP contribution in [0.5, 0.6) is 5.75 Å². The zero-order chi connectivity index (χ0) is 22.2. The highest BCUT2D eigenvalue weighted by atomic mass is 32.2. The van der Waals surface area contributed by atoms with E-state index >= 15 is 0 Å². The number of aromatic amines is 1. The van der Waals surface area contributed by atoms with Gasteiger partial charge in [-0.2, -0.15) is 8.42 Å². The minimum Gasteiger partial charge on any atom is -0.506 e. The second kappa shape index (κ2) is 8.02. The van der Waals surface area contributed by atoms with Gasteiger partial charge in [0.25, 0.3) is 11.8 Å². The normalized spacial score (nSPS) is 18.6. The summed E-state index contributed by atoms with van der Waals surface area (Å²) in [7, 11) is -4.28. The van der Waals surface area contributed by atoms with Gasteiger partial charge < -0.3 is 15.4 Å². The number of rotatable bonds is 4. The minimum absolute atomic E-state index is 0.0237. The summed E-state index contributed by atoms with van der Waals surface area (Å²) in [6.07, 6.45) is 8.90. The van der Waals surface area contributed by atoms with E-state index < -0.39 is 45.8 Å². The Balaban J connectivity index is 1.55. The monoisotopic (exact) mass is 449 g/mol. The van der Waals surface area contributed by atoms with Crippen molar-refractivity contribution in [2.75, 3.05) is 10.8 Å². The summed E-state index contributed by atoms with van der Waals surface area (Å²) in [4.78, 5) is 30.7. The molecule has 31 heavy (non-hydrogen) atoms. The number of carbonyl (C=O) groups is 2. The van der Waals surface area contributed by atoms with Crippen LogP contribution in [0.15, 0.2) is 30.5 Å². The van der Waals surface area contributed by atoms with Gasteiger partial charge in [0, 0.05) is 11.6 Å². The molecule has 0 unspecified atom stereocenters. The fraction of sp³-hybridized carbons (Fsp3) is 0.316. The molecule has 12 heteroatoms. The number of hydrogen-bond donors (Lipinski definition) is 4. The fourth-order valence-electron chi connectivity index (χ4n) is 3.59. The van der Waals surface area contributed by atoms with Gasteiger partial charge in [0.15, 0.2) is 11.6 Å². The molecular formula is C19H20FN5O5S. The minimum atomic E-state index is -4.28. The lowest BCUT2D eigenvalue weighted by Gasteiger charge is -2.17. The molecule has 0 atom stereocenters. The molecule has 0 radical (unpaired) electrons. The second-order valence-electron chi connectivity index (χ2n) is 7.30. The lowest BCUT2D eigenvalue weighted by atomic mass is 10.1. The Morgan fingerprint density at radius 2 is 1.97 bits per heavy atom. The number of nitrogens with one attached hydrogen (secondary N) is 3. The topological polar surface area (TPSA) is 144 Å². The molecule has 2 aliphatic rings. The molecule has 164 valence electrons. The first-order valence-electron chi connectivity index (χ1n) is 9.61. The van der Waals surface area contributed by atoms with Crippen molar-refractivity contribution in [1.29, 1.82) is 0 Å². The maximum Gasteiger partial charge on any atom is 0.326 e. The molecule has 0 saturated carbocycles. The number of H-pyrrole nitrogens is 1. The lowest BCUT2D eigenvalue weighted by molar-refractivity contribution is -0.117. The molecule has 2 amide bonds. The van der Waals surface area contributed by atoms with Gasteiger partial charge in [-0.25, -0.2) is 18.4 Å². The Morgan fingerprint density at radius 3 is 2.58 bits per heavy atom. The maximum atomic E-state index is 14.7. The van der Waals surface area contributed by atoms with E-state index in [4.69, 9.17) is 0 Å². The van der Waals surface area contributed by atoms with Crippen molar-refractivity contribution < 1.29 is 27.5 Å². The number of imidazole rings is 1. The van der Waals surface area contributed by atoms with Crippen LogP contribution in [0.2, 0.25) is 0 Å². The van der Waals surface area contributed by atoms with E-state index in [1.165, 1.54) is 6.20 Å². The van der Waals surface area contributed by atoms with Gasteiger partial charge in [-0.3, -0.25) is 9.59 Å². The number of amides is 2. The number of allylic oxidation sites excluding steroid dienone is 2. The van der Waals surface area contributed by atoms with Crippen molar-refractivity contribution in [3.63, 3.8) is 0 Å². The van der Waals surface area contributed by atoms with Gasteiger partial charge in [0.2, 0.25) is 0 Å². The van der Waals surface area contributed by atoms with Crippen LogP contribution in [0, 0.1) is 5.82 Å². The highest BCUT2D eigenvalue weighted by molar-refractivity contribution is 7.92. The van der Waals surface area contributed by atoms with Crippen LogP contribution >= 0.6 is 0 Å². The molecule has 0 bridgehead atoms. The standard InChI is InChI=1S/C19H20FN5O5S/c20-13-7-11(8-15(26)17(13)25-10-16(27)24-31(25,29)30)14-9-21-18(23-14)19(28)22-12-5-3-1-2-4-6-12/h1-2,7-9,12,26H,3-6,10H2,(H,21,23)(H,22,28)(H,24,27). The van der Waals surface area contributed by atoms with Gasteiger partial charge in [0.1, 0.15) is 18.0 Å². The SMILES string of the molecule is O=C1CN(c2c(O)cc(-c3cnc(C(=O)NC4CCC=CCC4)[nH]3)cc2F)S(=O)(=O)N1. The molecule has 10 nitrogen and oxygen atoms in total. The van der Waals surface area contributed by atoms with Crippen LogP contribution in [-0.4, -0.2) is 47.9 Å². The molecular weight excluding hydrogens is 429 g/mol. The van der Waals surface area contributed by atoms with Crippen LogP contribution in [0.1, 0.15) is 36.3 Å². The van der Waals surface area contributed by atoms with E-state index in [2.05, 4.69) is 27.4 Å². The number of carbonyl (C=O) groups excluding carboxylic acids is 2. The molecule has 1 aliphatic heterocycles. The fourth-order valence-corrected chi connectivity index (χ4v) is 4.76. The molecule has 1 aromatic carbocycles. The number of benzene rings is 1. The van der Waals surface area contributed by atoms with E-state index in [1.54, 1.807) is 4.72 Å². The zero-order valence-corrected chi connectivity index (χ0v) is 17.1. The number of aromatic hydroxyl groups is 1. The Bertz CT molecular complexity index is 1140. The Hall–Kier alpha value is -3.41. The lowest BCUT2D eigenvalue weighted by Crippen LogP contribution is -2.35. The van der Waals surface area contributed by atoms with Gasteiger partial charge in [-0.15, -0.1) is 0 Å². The molecule has 2 aromatic rings. The summed E-state index contributed by atoms with van der Waals surface area (Å²) in [5, 5.41) is 13.2. The molecule has 1 aliphatic carbocycles. The zero-order valence-electron chi connectivity index (χ0n) is 16.3. The Morgan fingerprint density at radius 1 is 1.26 bits per heavy atom. The quantitative estimate of drug-likeness (QED) is 0.519. The molecule has 4 N–H and O–H groups in total. The van der Waals surface area contributed by atoms with E-state index in [9.17, 15) is 27.5 Å². The first kappa shape index (κ1) is 20.8. The summed E-state index contributed by atoms with van der Waals surface area (Å²) in [6, 6.07) is 2.14. The van der Waals surface area contributed by atoms with Crippen LogP contribution in [0.25, 0.3) is 11.3 Å². The summed E-state index contributed by atoms with van der Waals surface area (Å²) in [5.41, 5.74) is -0.228. The number of nitrogens with zero attached hydrogens (tertiary/aromatic N) is 2. The first-order chi connectivity index (χ1) is 14.7. The number of phenols is 1. The number of halogens is 1. The van der Waals surface area contributed by atoms with E-state index in [1.807, 2.05) is 0 Å². The second-order valence-corrected chi connectivity index (χ2v) is 8.90. The van der Waals surface area contributed by atoms with Crippen LogP contribution in [0.4, 0.5) is 10.1 Å². The maximum absolute atomic E-state index is 14.7. The summed E-state index contributed by atoms with van der Waals surface area (Å²) in [5.74, 6) is -2.93. The third-order valence-corrected chi connectivity index (χ3v) is 6.46. The van der Waals surface area contributed by atoms with E-state index in [0.29, 0.717) is 4.31 Å². The average molecular weight is 449 g/mol.